The summed E-state index contributed by atoms with van der Waals surface area (Å²) in [5.74, 6) is 0.498. The van der Waals surface area contributed by atoms with E-state index < -0.39 is 0 Å². The molecule has 7 heteroatoms. The average molecular weight is 410 g/mol. The second-order valence-corrected chi connectivity index (χ2v) is 7.85. The zero-order valence-corrected chi connectivity index (χ0v) is 17.4. The molecule has 1 saturated heterocycles. The van der Waals surface area contributed by atoms with Crippen molar-refractivity contribution >= 4 is 11.6 Å². The van der Waals surface area contributed by atoms with Crippen LogP contribution in [0.25, 0.3) is 0 Å². The predicted molar refractivity (Wildman–Crippen MR) is 113 cm³/mol. The Kier molecular flexibility index (Phi) is 5.99. The van der Waals surface area contributed by atoms with Gasteiger partial charge in [-0.15, -0.1) is 0 Å². The quantitative estimate of drug-likeness (QED) is 0.649. The molecule has 1 aromatic carbocycles. The topological polar surface area (TPSA) is 63.3 Å². The maximum Gasteiger partial charge on any atom is 0.291 e. The number of hydrogen-bond donors (Lipinski definition) is 1. The van der Waals surface area contributed by atoms with Gasteiger partial charge in [-0.25, -0.2) is 4.39 Å². The van der Waals surface area contributed by atoms with Crippen molar-refractivity contribution in [3.8, 4) is 0 Å². The number of carbonyl (C=O) groups excluding carboxylic acids is 1. The molecule has 3 aromatic rings. The number of nitrogens with zero attached hydrogens (tertiary/aromatic N) is 3. The van der Waals surface area contributed by atoms with E-state index in [0.717, 1.165) is 31.1 Å². The maximum atomic E-state index is 14.0. The van der Waals surface area contributed by atoms with Gasteiger partial charge in [0.2, 0.25) is 0 Å². The van der Waals surface area contributed by atoms with Crippen molar-refractivity contribution in [3.05, 3.63) is 70.7 Å². The minimum atomic E-state index is -0.309. The summed E-state index contributed by atoms with van der Waals surface area (Å²) >= 11 is 0. The Morgan fingerprint density at radius 3 is 2.63 bits per heavy atom. The van der Waals surface area contributed by atoms with Gasteiger partial charge in [0, 0.05) is 5.56 Å². The summed E-state index contributed by atoms with van der Waals surface area (Å²) in [5, 5.41) is 7.38. The van der Waals surface area contributed by atoms with E-state index in [0.29, 0.717) is 23.5 Å². The Morgan fingerprint density at radius 2 is 1.87 bits per heavy atom. The molecule has 30 heavy (non-hydrogen) atoms. The number of rotatable bonds is 6. The average Bonchev–Trinajstić information content (AvgIpc) is 3.31. The van der Waals surface area contributed by atoms with Crippen molar-refractivity contribution in [2.45, 2.75) is 46.2 Å². The van der Waals surface area contributed by atoms with Gasteiger partial charge >= 0.3 is 0 Å². The van der Waals surface area contributed by atoms with E-state index in [4.69, 9.17) is 4.42 Å². The summed E-state index contributed by atoms with van der Waals surface area (Å²) in [6.45, 7) is 6.86. The number of likely N-dealkylation sites (tertiary alicyclic amines) is 1. The number of carbonyl (C=O) groups is 1. The zero-order valence-electron chi connectivity index (χ0n) is 17.4. The van der Waals surface area contributed by atoms with Crippen LogP contribution in [0.2, 0.25) is 0 Å². The second-order valence-electron chi connectivity index (χ2n) is 7.85. The van der Waals surface area contributed by atoms with Crippen molar-refractivity contribution in [1.29, 1.82) is 0 Å². The molecule has 0 saturated carbocycles. The SMILES string of the molecule is Cc1nn(Cc2ccccc2F)c(C)c1NC(=O)c1ccc(CN2CCCCC2)o1. The van der Waals surface area contributed by atoms with Crippen LogP contribution >= 0.6 is 0 Å². The largest absolute Gasteiger partial charge is 0.455 e. The highest BCUT2D eigenvalue weighted by molar-refractivity contribution is 6.02. The van der Waals surface area contributed by atoms with Crippen molar-refractivity contribution < 1.29 is 13.6 Å². The van der Waals surface area contributed by atoms with Gasteiger partial charge in [0.15, 0.2) is 5.76 Å². The summed E-state index contributed by atoms with van der Waals surface area (Å²) in [6, 6.07) is 10.2. The fraction of sp³-hybridized carbons (Fsp3) is 0.391. The van der Waals surface area contributed by atoms with Gasteiger partial charge in [-0.3, -0.25) is 14.4 Å². The van der Waals surface area contributed by atoms with Crippen molar-refractivity contribution in [1.82, 2.24) is 14.7 Å². The molecule has 1 fully saturated rings. The monoisotopic (exact) mass is 410 g/mol. The van der Waals surface area contributed by atoms with E-state index in [9.17, 15) is 9.18 Å². The Labute approximate surface area is 175 Å². The molecule has 1 N–H and O–H groups in total. The predicted octanol–water partition coefficient (Wildman–Crippen LogP) is 4.52. The minimum Gasteiger partial charge on any atom is -0.455 e. The summed E-state index contributed by atoms with van der Waals surface area (Å²) in [5.41, 5.74) is 2.63. The van der Waals surface area contributed by atoms with E-state index in [1.54, 1.807) is 28.9 Å². The molecular formula is C23H27FN4O2. The Morgan fingerprint density at radius 1 is 1.10 bits per heavy atom. The number of halogens is 1. The van der Waals surface area contributed by atoms with Gasteiger partial charge in [0.1, 0.15) is 11.6 Å². The number of furan rings is 1. The van der Waals surface area contributed by atoms with E-state index in [-0.39, 0.29) is 17.5 Å². The summed E-state index contributed by atoms with van der Waals surface area (Å²) < 4.78 is 21.5. The molecule has 1 aliphatic heterocycles. The third-order valence-electron chi connectivity index (χ3n) is 5.61. The molecule has 158 valence electrons. The van der Waals surface area contributed by atoms with E-state index in [1.165, 1.54) is 25.3 Å². The van der Waals surface area contributed by atoms with Gasteiger partial charge in [-0.2, -0.15) is 5.10 Å². The molecule has 0 bridgehead atoms. The number of amides is 1. The van der Waals surface area contributed by atoms with Crippen LogP contribution < -0.4 is 5.32 Å². The van der Waals surface area contributed by atoms with Crippen LogP contribution in [0, 0.1) is 19.7 Å². The lowest BCUT2D eigenvalue weighted by molar-refractivity contribution is 0.0992. The second kappa shape index (κ2) is 8.83. The fourth-order valence-corrected chi connectivity index (χ4v) is 3.92. The number of aromatic nitrogens is 2. The van der Waals surface area contributed by atoms with Crippen molar-refractivity contribution in [2.75, 3.05) is 18.4 Å². The minimum absolute atomic E-state index is 0.271. The molecule has 0 spiro atoms. The van der Waals surface area contributed by atoms with Gasteiger partial charge < -0.3 is 9.73 Å². The Hall–Kier alpha value is -2.93. The molecule has 0 atom stereocenters. The van der Waals surface area contributed by atoms with E-state index >= 15 is 0 Å². The van der Waals surface area contributed by atoms with Crippen LogP contribution in [-0.2, 0) is 13.1 Å². The lowest BCUT2D eigenvalue weighted by Crippen LogP contribution is -2.28. The third-order valence-corrected chi connectivity index (χ3v) is 5.61. The number of aryl methyl sites for hydroxylation is 1. The normalized spacial score (nSPS) is 14.8. The maximum absolute atomic E-state index is 14.0. The highest BCUT2D eigenvalue weighted by Crippen LogP contribution is 2.23. The molecule has 0 radical (unpaired) electrons. The first-order chi connectivity index (χ1) is 14.5. The van der Waals surface area contributed by atoms with Crippen LogP contribution in [0.1, 0.15) is 52.5 Å². The highest BCUT2D eigenvalue weighted by Gasteiger charge is 2.19. The first kappa shape index (κ1) is 20.3. The van der Waals surface area contributed by atoms with Gasteiger partial charge in [0.25, 0.3) is 5.91 Å². The van der Waals surface area contributed by atoms with Crippen LogP contribution in [0.3, 0.4) is 0 Å². The van der Waals surface area contributed by atoms with Crippen LogP contribution in [-0.4, -0.2) is 33.7 Å². The first-order valence-corrected chi connectivity index (χ1v) is 10.4. The summed E-state index contributed by atoms with van der Waals surface area (Å²) in [4.78, 5) is 15.1. The Balaban J connectivity index is 1.44. The lowest BCUT2D eigenvalue weighted by Gasteiger charge is -2.25. The van der Waals surface area contributed by atoms with E-state index in [1.807, 2.05) is 19.9 Å². The molecular weight excluding hydrogens is 383 g/mol. The number of hydrogen-bond acceptors (Lipinski definition) is 4. The van der Waals surface area contributed by atoms with Crippen LogP contribution in [0.4, 0.5) is 10.1 Å². The molecule has 2 aromatic heterocycles. The van der Waals surface area contributed by atoms with Gasteiger partial charge in [0.05, 0.1) is 30.2 Å². The smallest absolute Gasteiger partial charge is 0.291 e. The first-order valence-electron chi connectivity index (χ1n) is 10.4. The molecule has 1 amide bonds. The van der Waals surface area contributed by atoms with Crippen LogP contribution in [0.5, 0.6) is 0 Å². The number of piperidine rings is 1. The third kappa shape index (κ3) is 4.46. The molecule has 6 nitrogen and oxygen atoms in total. The lowest BCUT2D eigenvalue weighted by atomic mass is 10.1. The molecule has 0 aliphatic carbocycles. The number of nitrogens with one attached hydrogen (secondary N) is 1. The number of benzene rings is 1. The van der Waals surface area contributed by atoms with Gasteiger partial charge in [-0.05, 0) is 58.0 Å². The fourth-order valence-electron chi connectivity index (χ4n) is 3.92. The molecule has 1 aliphatic rings. The van der Waals surface area contributed by atoms with Crippen molar-refractivity contribution in [3.63, 3.8) is 0 Å². The molecule has 4 rings (SSSR count). The Bertz CT molecular complexity index is 1030. The summed E-state index contributed by atoms with van der Waals surface area (Å²) in [7, 11) is 0. The number of anilines is 1. The molecule has 0 unspecified atom stereocenters. The molecule has 3 heterocycles. The highest BCUT2D eigenvalue weighted by atomic mass is 19.1. The van der Waals surface area contributed by atoms with Crippen LogP contribution in [0.15, 0.2) is 40.8 Å². The standard InChI is InChI=1S/C23H27FN4O2/c1-16-22(17(2)28(26-16)14-18-8-4-5-9-20(18)24)25-23(29)21-11-10-19(30-21)15-27-12-6-3-7-13-27/h4-5,8-11H,3,6-7,12-15H2,1-2H3,(H,25,29). The van der Waals surface area contributed by atoms with E-state index in [2.05, 4.69) is 15.3 Å². The van der Waals surface area contributed by atoms with Gasteiger partial charge in [-0.1, -0.05) is 24.6 Å². The summed E-state index contributed by atoms with van der Waals surface area (Å²) in [6.07, 6.45) is 3.71. The van der Waals surface area contributed by atoms with Crippen molar-refractivity contribution in [2.24, 2.45) is 0 Å². The zero-order chi connectivity index (χ0) is 21.1.